The lowest BCUT2D eigenvalue weighted by Gasteiger charge is -2.21. The molecule has 0 fully saturated rings. The van der Waals surface area contributed by atoms with Gasteiger partial charge in [0.1, 0.15) is 19.3 Å². The summed E-state index contributed by atoms with van der Waals surface area (Å²) in [6.45, 7) is 14.3. The van der Waals surface area contributed by atoms with Crippen LogP contribution in [0.25, 0.3) is 0 Å². The fraction of sp³-hybridized carbons (Fsp3) is 0.952. The standard InChI is InChI=1S/C84H164O17P2/c1-9-76(7)62-54-46-38-30-26-27-33-43-51-59-67-84(89)101-80(71-95-82(87)65-57-49-41-35-34-39-47-55-63-77(8)10-2)73-99-103(92,93)97-69-78(85)68-96-102(90,91)98-72-79(70-94-81(86)64-56-48-40-31-24-21-17-19-23-29-37-45-53-61-75(5)6)100-83(88)66-58-50-42-32-25-20-16-14-12-11-13-15-18-22-28-36-44-52-60-74(3)4/h74-80,85H,9-73H2,1-8H3,(H,90,91)(H,92,93)/t76?,77?,78-,79-,80-/m1/s1. The molecule has 17 nitrogen and oxygen atoms in total. The Labute approximate surface area is 632 Å². The van der Waals surface area contributed by atoms with E-state index in [-0.39, 0.29) is 25.7 Å². The van der Waals surface area contributed by atoms with Crippen LogP contribution in [0.1, 0.15) is 434 Å². The van der Waals surface area contributed by atoms with E-state index in [1.165, 1.54) is 238 Å². The predicted octanol–water partition coefficient (Wildman–Crippen LogP) is 25.2. The molecule has 19 heteroatoms. The van der Waals surface area contributed by atoms with Crippen molar-refractivity contribution in [3.05, 3.63) is 0 Å². The Balaban J connectivity index is 5.26. The lowest BCUT2D eigenvalue weighted by Crippen LogP contribution is -2.30. The third-order valence-corrected chi connectivity index (χ3v) is 22.2. The van der Waals surface area contributed by atoms with Gasteiger partial charge >= 0.3 is 39.5 Å². The third-order valence-electron chi connectivity index (χ3n) is 20.3. The highest BCUT2D eigenvalue weighted by Crippen LogP contribution is 2.45. The molecule has 0 saturated carbocycles. The van der Waals surface area contributed by atoms with Crippen LogP contribution in [0.4, 0.5) is 0 Å². The van der Waals surface area contributed by atoms with Crippen molar-refractivity contribution in [1.82, 2.24) is 0 Å². The molecule has 0 aromatic heterocycles. The van der Waals surface area contributed by atoms with Crippen LogP contribution in [0.5, 0.6) is 0 Å². The number of rotatable bonds is 81. The lowest BCUT2D eigenvalue weighted by molar-refractivity contribution is -0.161. The number of esters is 4. The van der Waals surface area contributed by atoms with Crippen LogP contribution < -0.4 is 0 Å². The van der Waals surface area contributed by atoms with Crippen LogP contribution >= 0.6 is 15.6 Å². The summed E-state index contributed by atoms with van der Waals surface area (Å²) in [5.74, 6) is 1.08. The molecule has 0 rings (SSSR count). The van der Waals surface area contributed by atoms with Gasteiger partial charge < -0.3 is 33.8 Å². The van der Waals surface area contributed by atoms with Crippen molar-refractivity contribution in [1.29, 1.82) is 0 Å². The van der Waals surface area contributed by atoms with Gasteiger partial charge in [0.2, 0.25) is 0 Å². The molecule has 0 amide bonds. The molecule has 0 spiro atoms. The number of carbonyl (C=O) groups is 4. The Morgan fingerprint density at radius 2 is 0.466 bits per heavy atom. The van der Waals surface area contributed by atoms with Gasteiger partial charge in [-0.3, -0.25) is 37.3 Å². The predicted molar refractivity (Wildman–Crippen MR) is 423 cm³/mol. The summed E-state index contributed by atoms with van der Waals surface area (Å²) in [6, 6.07) is 0. The zero-order valence-electron chi connectivity index (χ0n) is 68.0. The number of phosphoric acid groups is 2. The molecule has 0 aliphatic heterocycles. The fourth-order valence-electron chi connectivity index (χ4n) is 12.9. The highest BCUT2D eigenvalue weighted by molar-refractivity contribution is 7.47. The second kappa shape index (κ2) is 72.9. The lowest BCUT2D eigenvalue weighted by atomic mass is 9.99. The maximum absolute atomic E-state index is 13.1. The first-order valence-corrected chi connectivity index (χ1v) is 46.3. The van der Waals surface area contributed by atoms with Gasteiger partial charge in [-0.05, 0) is 49.4 Å². The van der Waals surface area contributed by atoms with Crippen LogP contribution in [-0.4, -0.2) is 96.7 Å². The molecule has 7 atom stereocenters. The molecule has 0 saturated heterocycles. The molecule has 103 heavy (non-hydrogen) atoms. The zero-order chi connectivity index (χ0) is 76.0. The van der Waals surface area contributed by atoms with Gasteiger partial charge in [-0.25, -0.2) is 9.13 Å². The van der Waals surface area contributed by atoms with E-state index in [9.17, 15) is 43.2 Å². The Morgan fingerprint density at radius 3 is 0.689 bits per heavy atom. The van der Waals surface area contributed by atoms with Gasteiger partial charge in [-0.15, -0.1) is 0 Å². The van der Waals surface area contributed by atoms with Gasteiger partial charge in [-0.1, -0.05) is 383 Å². The quantitative estimate of drug-likeness (QED) is 0.0222. The summed E-state index contributed by atoms with van der Waals surface area (Å²) in [6.07, 6.45) is 60.9. The van der Waals surface area contributed by atoms with Crippen molar-refractivity contribution in [3.8, 4) is 0 Å². The first kappa shape index (κ1) is 101. The summed E-state index contributed by atoms with van der Waals surface area (Å²) in [5, 5.41) is 10.7. The number of hydrogen-bond acceptors (Lipinski definition) is 15. The maximum atomic E-state index is 13.1. The Kier molecular flexibility index (Phi) is 71.5. The number of phosphoric ester groups is 2. The topological polar surface area (TPSA) is 237 Å². The molecule has 612 valence electrons. The fourth-order valence-corrected chi connectivity index (χ4v) is 14.5. The highest BCUT2D eigenvalue weighted by atomic mass is 31.2. The molecule has 0 bridgehead atoms. The average molecular weight is 1510 g/mol. The molecule has 0 aromatic carbocycles. The summed E-state index contributed by atoms with van der Waals surface area (Å²) >= 11 is 0. The van der Waals surface area contributed by atoms with Gasteiger partial charge in [-0.2, -0.15) is 0 Å². The Morgan fingerprint density at radius 1 is 0.272 bits per heavy atom. The minimum atomic E-state index is -4.97. The van der Waals surface area contributed by atoms with Gasteiger partial charge in [0, 0.05) is 25.7 Å². The van der Waals surface area contributed by atoms with E-state index in [4.69, 9.17) is 37.0 Å². The molecule has 0 aliphatic rings. The molecule has 4 unspecified atom stereocenters. The third kappa shape index (κ3) is 75.3. The molecule has 0 heterocycles. The van der Waals surface area contributed by atoms with E-state index < -0.39 is 97.5 Å². The van der Waals surface area contributed by atoms with Crippen molar-refractivity contribution in [2.75, 3.05) is 39.6 Å². The van der Waals surface area contributed by atoms with Crippen molar-refractivity contribution in [2.24, 2.45) is 23.7 Å². The number of unbranched alkanes of at least 4 members (excludes halogenated alkanes) is 45. The van der Waals surface area contributed by atoms with E-state index in [0.29, 0.717) is 25.7 Å². The summed E-state index contributed by atoms with van der Waals surface area (Å²) in [7, 11) is -9.93. The van der Waals surface area contributed by atoms with Crippen molar-refractivity contribution >= 4 is 39.5 Å². The maximum Gasteiger partial charge on any atom is 0.472 e. The summed E-state index contributed by atoms with van der Waals surface area (Å²) in [5.41, 5.74) is 0. The van der Waals surface area contributed by atoms with E-state index in [2.05, 4.69) is 55.4 Å². The number of ether oxygens (including phenoxy) is 4. The minimum Gasteiger partial charge on any atom is -0.462 e. The number of aliphatic hydroxyl groups excluding tert-OH is 1. The monoisotopic (exact) mass is 1510 g/mol. The molecule has 3 N–H and O–H groups in total. The number of aliphatic hydroxyl groups is 1. The number of hydrogen-bond donors (Lipinski definition) is 3. The van der Waals surface area contributed by atoms with Crippen LogP contribution in [-0.2, 0) is 65.4 Å². The highest BCUT2D eigenvalue weighted by Gasteiger charge is 2.30. The summed E-state index contributed by atoms with van der Waals surface area (Å²) in [4.78, 5) is 73.2. The van der Waals surface area contributed by atoms with Crippen LogP contribution in [0, 0.1) is 23.7 Å². The molecular weight excluding hydrogens is 1340 g/mol. The van der Waals surface area contributed by atoms with Crippen LogP contribution in [0.15, 0.2) is 0 Å². The minimum absolute atomic E-state index is 0.106. The SMILES string of the molecule is CCC(C)CCCCCCCCCCCCC(=O)O[C@H](COC(=O)CCCCCCCCCCC(C)CC)COP(=O)(O)OC[C@H](O)COP(=O)(O)OC[C@@H](COC(=O)CCCCCCCCCCCCCCCC(C)C)OC(=O)CCCCCCCCCCCCCCCCCCCCC(C)C. The van der Waals surface area contributed by atoms with E-state index >= 15 is 0 Å². The molecule has 0 radical (unpaired) electrons. The zero-order valence-corrected chi connectivity index (χ0v) is 69.7. The number of carbonyl (C=O) groups excluding carboxylic acids is 4. The average Bonchev–Trinajstić information content (AvgIpc) is 0.981. The summed E-state index contributed by atoms with van der Waals surface area (Å²) < 4.78 is 68.8. The largest absolute Gasteiger partial charge is 0.472 e. The van der Waals surface area contributed by atoms with E-state index in [1.807, 2.05) is 0 Å². The molecule has 0 aromatic rings. The van der Waals surface area contributed by atoms with E-state index in [0.717, 1.165) is 114 Å². The Bertz CT molecular complexity index is 2010. The van der Waals surface area contributed by atoms with Crippen molar-refractivity contribution in [3.63, 3.8) is 0 Å². The first-order chi connectivity index (χ1) is 49.7. The second-order valence-electron chi connectivity index (χ2n) is 31.7. The van der Waals surface area contributed by atoms with Crippen molar-refractivity contribution in [2.45, 2.75) is 453 Å². The Hall–Kier alpha value is -1.94. The van der Waals surface area contributed by atoms with Crippen LogP contribution in [0.3, 0.4) is 0 Å². The molecule has 0 aliphatic carbocycles. The first-order valence-electron chi connectivity index (χ1n) is 43.3. The van der Waals surface area contributed by atoms with Gasteiger partial charge in [0.15, 0.2) is 12.2 Å². The smallest absolute Gasteiger partial charge is 0.462 e. The van der Waals surface area contributed by atoms with Gasteiger partial charge in [0.25, 0.3) is 0 Å². The van der Waals surface area contributed by atoms with E-state index in [1.54, 1.807) is 0 Å². The normalized spacial score (nSPS) is 14.5. The van der Waals surface area contributed by atoms with Crippen molar-refractivity contribution < 1.29 is 80.2 Å². The molecular formula is C84H164O17P2. The second-order valence-corrected chi connectivity index (χ2v) is 34.6. The van der Waals surface area contributed by atoms with Gasteiger partial charge in [0.05, 0.1) is 26.4 Å². The van der Waals surface area contributed by atoms with Crippen LogP contribution in [0.2, 0.25) is 0 Å².